The van der Waals surface area contributed by atoms with Gasteiger partial charge in [0.05, 0.1) is 6.61 Å². The second kappa shape index (κ2) is 9.06. The van der Waals surface area contributed by atoms with E-state index in [9.17, 15) is 4.79 Å². The first kappa shape index (κ1) is 16.0. The van der Waals surface area contributed by atoms with Crippen molar-refractivity contribution in [3.05, 3.63) is 12.2 Å². The van der Waals surface area contributed by atoms with Gasteiger partial charge in [-0.25, -0.2) is 4.79 Å². The SMILES string of the molecule is CCOC(=O)/C=C/CCCCC#C[Si](C)(C)C. The normalized spacial score (nSPS) is 11.1. The third-order valence-corrected chi connectivity index (χ3v) is 2.85. The minimum Gasteiger partial charge on any atom is -0.463 e. The zero-order valence-corrected chi connectivity index (χ0v) is 12.5. The average molecular weight is 252 g/mol. The quantitative estimate of drug-likeness (QED) is 0.238. The number of hydrogen-bond acceptors (Lipinski definition) is 2. The molecule has 0 aliphatic heterocycles. The summed E-state index contributed by atoms with van der Waals surface area (Å²) >= 11 is 0. The third kappa shape index (κ3) is 12.9. The molecular formula is C14H24O2Si. The Hall–Kier alpha value is -1.01. The van der Waals surface area contributed by atoms with Crippen molar-refractivity contribution in [1.29, 1.82) is 0 Å². The summed E-state index contributed by atoms with van der Waals surface area (Å²) in [4.78, 5) is 11.0. The average Bonchev–Trinajstić information content (AvgIpc) is 2.21. The molecule has 17 heavy (non-hydrogen) atoms. The Morgan fingerprint density at radius 1 is 1.29 bits per heavy atom. The molecule has 0 atom stereocenters. The molecule has 0 N–H and O–H groups in total. The third-order valence-electron chi connectivity index (χ3n) is 1.93. The van der Waals surface area contributed by atoms with Crippen LogP contribution in [0.4, 0.5) is 0 Å². The van der Waals surface area contributed by atoms with Crippen molar-refractivity contribution in [3.8, 4) is 11.5 Å². The van der Waals surface area contributed by atoms with Crippen LogP contribution in [0.2, 0.25) is 19.6 Å². The van der Waals surface area contributed by atoms with E-state index in [1.165, 1.54) is 6.08 Å². The van der Waals surface area contributed by atoms with Gasteiger partial charge >= 0.3 is 5.97 Å². The first-order chi connectivity index (χ1) is 7.95. The molecule has 0 heterocycles. The zero-order valence-electron chi connectivity index (χ0n) is 11.5. The van der Waals surface area contributed by atoms with E-state index in [1.807, 2.05) is 13.0 Å². The summed E-state index contributed by atoms with van der Waals surface area (Å²) in [7, 11) is -1.19. The van der Waals surface area contributed by atoms with Gasteiger partial charge in [-0.1, -0.05) is 25.7 Å². The Bertz CT molecular complexity index is 302. The molecule has 96 valence electrons. The van der Waals surface area contributed by atoms with Crippen LogP contribution in [0.5, 0.6) is 0 Å². The maximum atomic E-state index is 11.0. The lowest BCUT2D eigenvalue weighted by molar-refractivity contribution is -0.137. The molecule has 3 heteroatoms. The fourth-order valence-electron chi connectivity index (χ4n) is 1.17. The predicted molar refractivity (Wildman–Crippen MR) is 75.4 cm³/mol. The lowest BCUT2D eigenvalue weighted by Gasteiger charge is -2.03. The van der Waals surface area contributed by atoms with Crippen molar-refractivity contribution in [3.63, 3.8) is 0 Å². The van der Waals surface area contributed by atoms with E-state index in [0.29, 0.717) is 6.61 Å². The van der Waals surface area contributed by atoms with Gasteiger partial charge in [-0.3, -0.25) is 0 Å². The van der Waals surface area contributed by atoms with Crippen molar-refractivity contribution in [1.82, 2.24) is 0 Å². The van der Waals surface area contributed by atoms with Crippen LogP contribution in [0.1, 0.15) is 32.6 Å². The van der Waals surface area contributed by atoms with E-state index < -0.39 is 8.07 Å². The van der Waals surface area contributed by atoms with Gasteiger partial charge in [0, 0.05) is 12.5 Å². The van der Waals surface area contributed by atoms with E-state index in [2.05, 4.69) is 31.1 Å². The second-order valence-corrected chi connectivity index (χ2v) is 9.70. The number of unbranched alkanes of at least 4 members (excludes halogenated alkanes) is 3. The first-order valence-electron chi connectivity index (χ1n) is 6.29. The summed E-state index contributed by atoms with van der Waals surface area (Å²) in [6.45, 7) is 9.00. The monoisotopic (exact) mass is 252 g/mol. The summed E-state index contributed by atoms with van der Waals surface area (Å²) in [5, 5.41) is 0. The number of allylic oxidation sites excluding steroid dienone is 1. The van der Waals surface area contributed by atoms with Crippen molar-refractivity contribution >= 4 is 14.0 Å². The molecule has 0 aromatic heterocycles. The van der Waals surface area contributed by atoms with Gasteiger partial charge in [-0.15, -0.1) is 11.5 Å². The van der Waals surface area contributed by atoms with Crippen LogP contribution < -0.4 is 0 Å². The molecule has 2 nitrogen and oxygen atoms in total. The fraction of sp³-hybridized carbons (Fsp3) is 0.643. The number of ether oxygens (including phenoxy) is 1. The minimum atomic E-state index is -1.19. The lowest BCUT2D eigenvalue weighted by Crippen LogP contribution is -2.16. The molecule has 0 aromatic rings. The van der Waals surface area contributed by atoms with Gasteiger partial charge < -0.3 is 4.74 Å². The molecule has 0 bridgehead atoms. The van der Waals surface area contributed by atoms with E-state index >= 15 is 0 Å². The number of carbonyl (C=O) groups is 1. The van der Waals surface area contributed by atoms with Gasteiger partial charge in [-0.05, 0) is 26.2 Å². The molecule has 0 radical (unpaired) electrons. The van der Waals surface area contributed by atoms with Crippen LogP contribution in [-0.2, 0) is 9.53 Å². The van der Waals surface area contributed by atoms with Crippen LogP contribution in [-0.4, -0.2) is 20.7 Å². The molecule has 0 aliphatic rings. The summed E-state index contributed by atoms with van der Waals surface area (Å²) in [5.74, 6) is 3.00. The van der Waals surface area contributed by atoms with Crippen LogP contribution in [0.3, 0.4) is 0 Å². The summed E-state index contributed by atoms with van der Waals surface area (Å²) in [5.41, 5.74) is 3.34. The Labute approximate surface area is 106 Å². The number of rotatable bonds is 6. The first-order valence-corrected chi connectivity index (χ1v) is 9.79. The molecular weight excluding hydrogens is 228 g/mol. The largest absolute Gasteiger partial charge is 0.463 e. The Morgan fingerprint density at radius 3 is 2.59 bits per heavy atom. The summed E-state index contributed by atoms with van der Waals surface area (Å²) < 4.78 is 4.78. The summed E-state index contributed by atoms with van der Waals surface area (Å²) in [6.07, 6.45) is 7.47. The predicted octanol–water partition coefficient (Wildman–Crippen LogP) is 3.55. The van der Waals surface area contributed by atoms with E-state index in [0.717, 1.165) is 25.7 Å². The lowest BCUT2D eigenvalue weighted by atomic mass is 10.2. The van der Waals surface area contributed by atoms with Crippen LogP contribution >= 0.6 is 0 Å². The molecule has 0 saturated heterocycles. The Balaban J connectivity index is 3.52. The fourth-order valence-corrected chi connectivity index (χ4v) is 1.83. The molecule has 0 unspecified atom stereocenters. The highest BCUT2D eigenvalue weighted by molar-refractivity contribution is 6.83. The van der Waals surface area contributed by atoms with Gasteiger partial charge in [0.25, 0.3) is 0 Å². The van der Waals surface area contributed by atoms with Gasteiger partial charge in [0.1, 0.15) is 8.07 Å². The van der Waals surface area contributed by atoms with Crippen molar-refractivity contribution in [2.24, 2.45) is 0 Å². The van der Waals surface area contributed by atoms with Gasteiger partial charge in [-0.2, -0.15) is 0 Å². The maximum absolute atomic E-state index is 11.0. The molecule has 0 aromatic carbocycles. The highest BCUT2D eigenvalue weighted by atomic mass is 28.3. The van der Waals surface area contributed by atoms with Crippen molar-refractivity contribution in [2.45, 2.75) is 52.2 Å². The van der Waals surface area contributed by atoms with Crippen LogP contribution in [0.25, 0.3) is 0 Å². The minimum absolute atomic E-state index is 0.244. The topological polar surface area (TPSA) is 26.3 Å². The molecule has 0 saturated carbocycles. The number of esters is 1. The molecule has 0 fully saturated rings. The number of hydrogen-bond donors (Lipinski definition) is 0. The molecule has 0 amide bonds. The molecule has 0 aliphatic carbocycles. The number of carbonyl (C=O) groups excluding carboxylic acids is 1. The van der Waals surface area contributed by atoms with Crippen LogP contribution in [0.15, 0.2) is 12.2 Å². The standard InChI is InChI=1S/C14H24O2Si/c1-5-16-14(15)12-10-8-6-7-9-11-13-17(2,3)4/h10,12H,5-9H2,1-4H3/b12-10+. The molecule has 0 spiro atoms. The highest BCUT2D eigenvalue weighted by Crippen LogP contribution is 2.02. The summed E-state index contributed by atoms with van der Waals surface area (Å²) in [6, 6.07) is 0. The molecule has 0 rings (SSSR count). The van der Waals surface area contributed by atoms with E-state index in [1.54, 1.807) is 0 Å². The van der Waals surface area contributed by atoms with Crippen LogP contribution in [0, 0.1) is 11.5 Å². The van der Waals surface area contributed by atoms with E-state index in [-0.39, 0.29) is 5.97 Å². The maximum Gasteiger partial charge on any atom is 0.330 e. The van der Waals surface area contributed by atoms with E-state index in [4.69, 9.17) is 4.74 Å². The highest BCUT2D eigenvalue weighted by Gasteiger charge is 2.06. The smallest absolute Gasteiger partial charge is 0.330 e. The van der Waals surface area contributed by atoms with Gasteiger partial charge in [0.2, 0.25) is 0 Å². The van der Waals surface area contributed by atoms with Crippen molar-refractivity contribution < 1.29 is 9.53 Å². The van der Waals surface area contributed by atoms with Crippen molar-refractivity contribution in [2.75, 3.05) is 6.61 Å². The Morgan fingerprint density at radius 2 is 2.00 bits per heavy atom. The van der Waals surface area contributed by atoms with Gasteiger partial charge in [0.15, 0.2) is 0 Å². The Kier molecular flexibility index (Phi) is 8.52. The zero-order chi connectivity index (χ0) is 13.1. The second-order valence-electron chi connectivity index (χ2n) is 4.95.